The SMILES string of the molecule is C=CC(C)c1ccccc1N(C)c1ccc2c(c1)-c1ccccc1C2(C)C. The fourth-order valence-electron chi connectivity index (χ4n) is 4.36. The molecule has 0 saturated heterocycles. The second-order valence-corrected chi connectivity index (χ2v) is 8.04. The summed E-state index contributed by atoms with van der Waals surface area (Å²) in [6.07, 6.45) is 2.01. The maximum atomic E-state index is 3.98. The van der Waals surface area contributed by atoms with Crippen molar-refractivity contribution in [3.63, 3.8) is 0 Å². The van der Waals surface area contributed by atoms with Crippen LogP contribution in [0, 0.1) is 0 Å². The lowest BCUT2D eigenvalue weighted by Gasteiger charge is -2.26. The second-order valence-electron chi connectivity index (χ2n) is 8.04. The average molecular weight is 354 g/mol. The standard InChI is InChI=1S/C26H27N/c1-6-18(2)20-11-8-10-14-25(20)27(5)19-15-16-24-22(17-19)21-12-7-9-13-23(21)26(24,3)4/h6-18H,1H2,2-5H3. The zero-order valence-corrected chi connectivity index (χ0v) is 16.7. The molecule has 0 saturated carbocycles. The molecule has 0 heterocycles. The Balaban J connectivity index is 1.82. The molecule has 136 valence electrons. The normalized spacial score (nSPS) is 15.0. The van der Waals surface area contributed by atoms with Crippen LogP contribution in [0.5, 0.6) is 0 Å². The largest absolute Gasteiger partial charge is 0.344 e. The lowest BCUT2D eigenvalue weighted by Crippen LogP contribution is -2.16. The molecule has 0 bridgehead atoms. The number of hydrogen-bond acceptors (Lipinski definition) is 1. The Kier molecular flexibility index (Phi) is 4.19. The third-order valence-corrected chi connectivity index (χ3v) is 6.10. The van der Waals surface area contributed by atoms with Gasteiger partial charge in [-0.05, 0) is 46.0 Å². The smallest absolute Gasteiger partial charge is 0.0446 e. The fraction of sp³-hybridized carbons (Fsp3) is 0.231. The molecule has 0 radical (unpaired) electrons. The van der Waals surface area contributed by atoms with E-state index in [4.69, 9.17) is 0 Å². The van der Waals surface area contributed by atoms with Gasteiger partial charge in [0.15, 0.2) is 0 Å². The molecule has 0 aromatic heterocycles. The number of benzene rings is 3. The van der Waals surface area contributed by atoms with Crippen LogP contribution in [-0.4, -0.2) is 7.05 Å². The summed E-state index contributed by atoms with van der Waals surface area (Å²) in [5, 5.41) is 0. The van der Waals surface area contributed by atoms with Crippen LogP contribution in [0.2, 0.25) is 0 Å². The minimum atomic E-state index is 0.0539. The van der Waals surface area contributed by atoms with Crippen LogP contribution in [0.15, 0.2) is 79.4 Å². The van der Waals surface area contributed by atoms with Crippen molar-refractivity contribution < 1.29 is 0 Å². The molecule has 4 rings (SSSR count). The number of para-hydroxylation sites is 1. The Bertz CT molecular complexity index is 1010. The van der Waals surface area contributed by atoms with Crippen molar-refractivity contribution in [2.24, 2.45) is 0 Å². The van der Waals surface area contributed by atoms with E-state index in [-0.39, 0.29) is 5.41 Å². The van der Waals surface area contributed by atoms with Crippen LogP contribution in [0.3, 0.4) is 0 Å². The van der Waals surface area contributed by atoms with Gasteiger partial charge in [-0.3, -0.25) is 0 Å². The molecule has 3 aromatic carbocycles. The summed E-state index contributed by atoms with van der Waals surface area (Å²) in [6.45, 7) is 10.8. The van der Waals surface area contributed by atoms with Gasteiger partial charge < -0.3 is 4.90 Å². The van der Waals surface area contributed by atoms with Gasteiger partial charge >= 0.3 is 0 Å². The minimum absolute atomic E-state index is 0.0539. The third-order valence-electron chi connectivity index (χ3n) is 6.10. The van der Waals surface area contributed by atoms with Crippen LogP contribution in [-0.2, 0) is 5.41 Å². The summed E-state index contributed by atoms with van der Waals surface area (Å²) in [6, 6.07) is 24.3. The van der Waals surface area contributed by atoms with Crippen molar-refractivity contribution in [2.45, 2.75) is 32.1 Å². The fourth-order valence-corrected chi connectivity index (χ4v) is 4.36. The molecule has 0 fully saturated rings. The van der Waals surface area contributed by atoms with Gasteiger partial charge in [-0.15, -0.1) is 6.58 Å². The number of rotatable bonds is 4. The number of allylic oxidation sites excluding steroid dienone is 1. The number of hydrogen-bond donors (Lipinski definition) is 0. The first-order valence-electron chi connectivity index (χ1n) is 9.64. The molecule has 27 heavy (non-hydrogen) atoms. The maximum absolute atomic E-state index is 3.98. The number of anilines is 2. The summed E-state index contributed by atoms with van der Waals surface area (Å²) in [5.41, 5.74) is 9.35. The van der Waals surface area contributed by atoms with E-state index in [1.54, 1.807) is 0 Å². The second kappa shape index (κ2) is 6.42. The first-order chi connectivity index (χ1) is 12.9. The Labute approximate surface area is 163 Å². The maximum Gasteiger partial charge on any atom is 0.0446 e. The van der Waals surface area contributed by atoms with Gasteiger partial charge in [0, 0.05) is 29.8 Å². The van der Waals surface area contributed by atoms with E-state index in [2.05, 4.69) is 106 Å². The van der Waals surface area contributed by atoms with Crippen molar-refractivity contribution in [1.29, 1.82) is 0 Å². The monoisotopic (exact) mass is 353 g/mol. The van der Waals surface area contributed by atoms with Gasteiger partial charge in [0.1, 0.15) is 0 Å². The predicted molar refractivity (Wildman–Crippen MR) is 117 cm³/mol. The highest BCUT2D eigenvalue weighted by Gasteiger charge is 2.35. The van der Waals surface area contributed by atoms with E-state index in [0.717, 1.165) is 0 Å². The van der Waals surface area contributed by atoms with Crippen molar-refractivity contribution >= 4 is 11.4 Å². The zero-order chi connectivity index (χ0) is 19.2. The molecule has 1 atom stereocenters. The van der Waals surface area contributed by atoms with E-state index >= 15 is 0 Å². The van der Waals surface area contributed by atoms with Gasteiger partial charge in [-0.1, -0.05) is 75.4 Å². The lowest BCUT2D eigenvalue weighted by atomic mass is 9.82. The first kappa shape index (κ1) is 17.6. The Morgan fingerprint density at radius 2 is 1.56 bits per heavy atom. The third kappa shape index (κ3) is 2.70. The predicted octanol–water partition coefficient (Wildman–Crippen LogP) is 7.05. The summed E-state index contributed by atoms with van der Waals surface area (Å²) in [7, 11) is 2.16. The van der Waals surface area contributed by atoms with Gasteiger partial charge in [0.05, 0.1) is 0 Å². The van der Waals surface area contributed by atoms with E-state index < -0.39 is 0 Å². The first-order valence-corrected chi connectivity index (χ1v) is 9.64. The van der Waals surface area contributed by atoms with Crippen LogP contribution in [0.1, 0.15) is 43.4 Å². The van der Waals surface area contributed by atoms with Crippen molar-refractivity contribution in [1.82, 2.24) is 0 Å². The average Bonchev–Trinajstić information content (AvgIpc) is 2.94. The summed E-state index contributed by atoms with van der Waals surface area (Å²) < 4.78 is 0. The molecule has 3 aromatic rings. The van der Waals surface area contributed by atoms with Crippen LogP contribution >= 0.6 is 0 Å². The van der Waals surface area contributed by atoms with Crippen LogP contribution in [0.4, 0.5) is 11.4 Å². The Morgan fingerprint density at radius 3 is 2.33 bits per heavy atom. The number of nitrogens with zero attached hydrogens (tertiary/aromatic N) is 1. The van der Waals surface area contributed by atoms with E-state index in [1.165, 1.54) is 39.2 Å². The summed E-state index contributed by atoms with van der Waals surface area (Å²) in [5.74, 6) is 0.317. The molecule has 0 amide bonds. The number of fused-ring (bicyclic) bond motifs is 3. The van der Waals surface area contributed by atoms with Crippen molar-refractivity contribution in [3.05, 3.63) is 96.1 Å². The Hall–Kier alpha value is -2.80. The molecule has 1 aliphatic rings. The van der Waals surface area contributed by atoms with Gasteiger partial charge in [0.25, 0.3) is 0 Å². The van der Waals surface area contributed by atoms with Gasteiger partial charge in [0.2, 0.25) is 0 Å². The zero-order valence-electron chi connectivity index (χ0n) is 16.7. The van der Waals surface area contributed by atoms with Crippen molar-refractivity contribution in [2.75, 3.05) is 11.9 Å². The molecule has 1 nitrogen and oxygen atoms in total. The summed E-state index contributed by atoms with van der Waals surface area (Å²) in [4.78, 5) is 2.30. The molecule has 0 spiro atoms. The molecule has 0 N–H and O–H groups in total. The lowest BCUT2D eigenvalue weighted by molar-refractivity contribution is 0.660. The summed E-state index contributed by atoms with van der Waals surface area (Å²) >= 11 is 0. The topological polar surface area (TPSA) is 3.24 Å². The van der Waals surface area contributed by atoms with Gasteiger partial charge in [-0.2, -0.15) is 0 Å². The van der Waals surface area contributed by atoms with Crippen molar-refractivity contribution in [3.8, 4) is 11.1 Å². The molecule has 1 aliphatic carbocycles. The van der Waals surface area contributed by atoms with E-state index in [1.807, 2.05) is 6.08 Å². The van der Waals surface area contributed by atoms with Crippen LogP contribution in [0.25, 0.3) is 11.1 Å². The highest BCUT2D eigenvalue weighted by Crippen LogP contribution is 2.49. The highest BCUT2D eigenvalue weighted by molar-refractivity contribution is 5.84. The minimum Gasteiger partial charge on any atom is -0.344 e. The van der Waals surface area contributed by atoms with Crippen LogP contribution < -0.4 is 4.90 Å². The molecule has 0 aliphatic heterocycles. The highest BCUT2D eigenvalue weighted by atomic mass is 15.1. The molecular formula is C26H27N. The molecule has 1 heteroatoms. The van der Waals surface area contributed by atoms with E-state index in [9.17, 15) is 0 Å². The van der Waals surface area contributed by atoms with Gasteiger partial charge in [-0.25, -0.2) is 0 Å². The van der Waals surface area contributed by atoms with E-state index in [0.29, 0.717) is 5.92 Å². The molecule has 1 unspecified atom stereocenters. The Morgan fingerprint density at radius 1 is 0.889 bits per heavy atom. The molecular weight excluding hydrogens is 326 g/mol. The quantitative estimate of drug-likeness (QED) is 0.454.